The first kappa shape index (κ1) is 17.3. The first-order chi connectivity index (χ1) is 11.9. The standard InChI is InChI=1S/C15H17N5O4S/c16-25(22,23)12-3-1-2-11(10-12)17-15(21)13-4-5-14(19-18-13)20-6-8-24-9-7-20/h1-5,10H,6-9H2,(H,17,21)(H2,16,22,23). The lowest BCUT2D eigenvalue weighted by atomic mass is 10.3. The second-order valence-corrected chi connectivity index (χ2v) is 6.96. The predicted octanol–water partition coefficient (Wildman–Crippen LogP) is 0.213. The summed E-state index contributed by atoms with van der Waals surface area (Å²) in [4.78, 5) is 14.2. The average molecular weight is 363 g/mol. The number of rotatable bonds is 4. The lowest BCUT2D eigenvalue weighted by molar-refractivity contribution is 0.102. The van der Waals surface area contributed by atoms with Crippen LogP contribution in [0.2, 0.25) is 0 Å². The Kier molecular flexibility index (Phi) is 4.93. The number of carbonyl (C=O) groups excluding carboxylic acids is 1. The molecule has 1 aliphatic heterocycles. The number of ether oxygens (including phenoxy) is 1. The maximum Gasteiger partial charge on any atom is 0.276 e. The van der Waals surface area contributed by atoms with Crippen LogP contribution >= 0.6 is 0 Å². The van der Waals surface area contributed by atoms with Gasteiger partial charge in [0.15, 0.2) is 11.5 Å². The Bertz CT molecular complexity index is 864. The van der Waals surface area contributed by atoms with E-state index in [1.807, 2.05) is 4.90 Å². The van der Waals surface area contributed by atoms with Gasteiger partial charge in [-0.05, 0) is 30.3 Å². The molecule has 25 heavy (non-hydrogen) atoms. The Labute approximate surface area is 144 Å². The Morgan fingerprint density at radius 3 is 2.56 bits per heavy atom. The molecule has 1 amide bonds. The maximum atomic E-state index is 12.2. The first-order valence-corrected chi connectivity index (χ1v) is 9.09. The van der Waals surface area contributed by atoms with Gasteiger partial charge >= 0.3 is 0 Å². The summed E-state index contributed by atoms with van der Waals surface area (Å²) in [7, 11) is -3.84. The van der Waals surface area contributed by atoms with E-state index in [0.29, 0.717) is 24.7 Å². The van der Waals surface area contributed by atoms with Gasteiger partial charge in [0.1, 0.15) is 0 Å². The molecule has 1 fully saturated rings. The van der Waals surface area contributed by atoms with E-state index in [2.05, 4.69) is 15.5 Å². The molecule has 10 heteroatoms. The fourth-order valence-corrected chi connectivity index (χ4v) is 2.91. The molecule has 2 heterocycles. The number of benzene rings is 1. The number of nitrogens with one attached hydrogen (secondary N) is 1. The van der Waals surface area contributed by atoms with Gasteiger partial charge in [0.25, 0.3) is 5.91 Å². The van der Waals surface area contributed by atoms with E-state index in [0.717, 1.165) is 13.1 Å². The third-order valence-corrected chi connectivity index (χ3v) is 4.55. The SMILES string of the molecule is NS(=O)(=O)c1cccc(NC(=O)c2ccc(N3CCOCC3)nn2)c1. The van der Waals surface area contributed by atoms with Crippen molar-refractivity contribution >= 4 is 27.4 Å². The Morgan fingerprint density at radius 2 is 1.92 bits per heavy atom. The van der Waals surface area contributed by atoms with Crippen molar-refractivity contribution in [3.05, 3.63) is 42.1 Å². The molecule has 3 rings (SSSR count). The molecule has 0 aliphatic carbocycles. The van der Waals surface area contributed by atoms with Crippen LogP contribution in [0.4, 0.5) is 11.5 Å². The van der Waals surface area contributed by atoms with Gasteiger partial charge < -0.3 is 15.0 Å². The Balaban J connectivity index is 1.71. The van der Waals surface area contributed by atoms with E-state index < -0.39 is 15.9 Å². The molecule has 3 N–H and O–H groups in total. The summed E-state index contributed by atoms with van der Waals surface area (Å²) in [5.41, 5.74) is 0.425. The monoisotopic (exact) mass is 363 g/mol. The molecule has 0 spiro atoms. The molecule has 1 saturated heterocycles. The van der Waals surface area contributed by atoms with Crippen LogP contribution in [0.3, 0.4) is 0 Å². The number of morpholine rings is 1. The second kappa shape index (κ2) is 7.13. The summed E-state index contributed by atoms with van der Waals surface area (Å²) in [5, 5.41) is 15.7. The quantitative estimate of drug-likeness (QED) is 0.795. The van der Waals surface area contributed by atoms with Gasteiger partial charge in [-0.1, -0.05) is 6.07 Å². The topological polar surface area (TPSA) is 128 Å². The molecule has 132 valence electrons. The van der Waals surface area contributed by atoms with Crippen LogP contribution in [-0.4, -0.2) is 50.8 Å². The summed E-state index contributed by atoms with van der Waals surface area (Å²) < 4.78 is 28.0. The number of primary sulfonamides is 1. The smallest absolute Gasteiger partial charge is 0.276 e. The summed E-state index contributed by atoms with van der Waals surface area (Å²) in [5.74, 6) is 0.184. The minimum absolute atomic E-state index is 0.0842. The largest absolute Gasteiger partial charge is 0.378 e. The van der Waals surface area contributed by atoms with E-state index in [4.69, 9.17) is 9.88 Å². The van der Waals surface area contributed by atoms with Crippen molar-refractivity contribution in [2.24, 2.45) is 5.14 Å². The molecular weight excluding hydrogens is 346 g/mol. The highest BCUT2D eigenvalue weighted by atomic mass is 32.2. The molecule has 2 aromatic rings. The molecule has 9 nitrogen and oxygen atoms in total. The van der Waals surface area contributed by atoms with Crippen molar-refractivity contribution in [2.45, 2.75) is 4.90 Å². The lowest BCUT2D eigenvalue weighted by Gasteiger charge is -2.27. The van der Waals surface area contributed by atoms with Crippen molar-refractivity contribution in [3.8, 4) is 0 Å². The third-order valence-electron chi connectivity index (χ3n) is 3.64. The van der Waals surface area contributed by atoms with Gasteiger partial charge in [-0.3, -0.25) is 4.79 Å². The van der Waals surface area contributed by atoms with Crippen molar-refractivity contribution in [1.82, 2.24) is 10.2 Å². The first-order valence-electron chi connectivity index (χ1n) is 7.54. The number of aromatic nitrogens is 2. The number of nitrogens with zero attached hydrogens (tertiary/aromatic N) is 3. The zero-order valence-corrected chi connectivity index (χ0v) is 14.1. The summed E-state index contributed by atoms with van der Waals surface area (Å²) in [6.07, 6.45) is 0. The Hall–Kier alpha value is -2.56. The molecule has 0 radical (unpaired) electrons. The van der Waals surface area contributed by atoms with E-state index in [9.17, 15) is 13.2 Å². The minimum atomic E-state index is -3.84. The van der Waals surface area contributed by atoms with Gasteiger partial charge in [-0.25, -0.2) is 13.6 Å². The molecule has 0 atom stereocenters. The minimum Gasteiger partial charge on any atom is -0.378 e. The second-order valence-electron chi connectivity index (χ2n) is 5.40. The fourth-order valence-electron chi connectivity index (χ4n) is 2.35. The van der Waals surface area contributed by atoms with Crippen LogP contribution in [0, 0.1) is 0 Å². The zero-order valence-electron chi connectivity index (χ0n) is 13.3. The van der Waals surface area contributed by atoms with Gasteiger partial charge in [-0.15, -0.1) is 10.2 Å². The Morgan fingerprint density at radius 1 is 1.16 bits per heavy atom. The number of sulfonamides is 1. The van der Waals surface area contributed by atoms with Crippen LogP contribution in [0.1, 0.15) is 10.5 Å². The zero-order chi connectivity index (χ0) is 17.9. The number of hydrogen-bond donors (Lipinski definition) is 2. The molecule has 0 saturated carbocycles. The number of nitrogens with two attached hydrogens (primary N) is 1. The van der Waals surface area contributed by atoms with E-state index in [-0.39, 0.29) is 10.6 Å². The lowest BCUT2D eigenvalue weighted by Crippen LogP contribution is -2.37. The van der Waals surface area contributed by atoms with Gasteiger partial charge in [-0.2, -0.15) is 0 Å². The van der Waals surface area contributed by atoms with Crippen molar-refractivity contribution < 1.29 is 17.9 Å². The van der Waals surface area contributed by atoms with Gasteiger partial charge in [0.2, 0.25) is 10.0 Å². The average Bonchev–Trinajstić information content (AvgIpc) is 2.62. The van der Waals surface area contributed by atoms with Gasteiger partial charge in [0.05, 0.1) is 18.1 Å². The molecule has 1 aromatic heterocycles. The third kappa shape index (κ3) is 4.29. The van der Waals surface area contributed by atoms with Crippen LogP contribution in [0.25, 0.3) is 0 Å². The molecule has 1 aromatic carbocycles. The van der Waals surface area contributed by atoms with Crippen molar-refractivity contribution in [1.29, 1.82) is 0 Å². The predicted molar refractivity (Wildman–Crippen MR) is 90.8 cm³/mol. The number of carbonyl (C=O) groups is 1. The highest BCUT2D eigenvalue weighted by molar-refractivity contribution is 7.89. The summed E-state index contributed by atoms with van der Waals surface area (Å²) in [6, 6.07) is 8.96. The summed E-state index contributed by atoms with van der Waals surface area (Å²) in [6.45, 7) is 2.70. The van der Waals surface area contributed by atoms with Crippen LogP contribution in [0.5, 0.6) is 0 Å². The number of amides is 1. The molecule has 0 unspecified atom stereocenters. The highest BCUT2D eigenvalue weighted by Gasteiger charge is 2.15. The van der Waals surface area contributed by atoms with Gasteiger partial charge in [0, 0.05) is 18.8 Å². The molecule has 1 aliphatic rings. The van der Waals surface area contributed by atoms with Crippen molar-refractivity contribution in [2.75, 3.05) is 36.5 Å². The highest BCUT2D eigenvalue weighted by Crippen LogP contribution is 2.16. The normalized spacial score (nSPS) is 15.0. The van der Waals surface area contributed by atoms with Crippen molar-refractivity contribution in [3.63, 3.8) is 0 Å². The molecule has 0 bridgehead atoms. The maximum absolute atomic E-state index is 12.2. The van der Waals surface area contributed by atoms with Crippen LogP contribution in [-0.2, 0) is 14.8 Å². The number of hydrogen-bond acceptors (Lipinski definition) is 7. The summed E-state index contributed by atoms with van der Waals surface area (Å²) >= 11 is 0. The van der Waals surface area contributed by atoms with E-state index in [1.54, 1.807) is 18.2 Å². The van der Waals surface area contributed by atoms with E-state index >= 15 is 0 Å². The van der Waals surface area contributed by atoms with Crippen LogP contribution in [0.15, 0.2) is 41.3 Å². The number of anilines is 2. The van der Waals surface area contributed by atoms with E-state index in [1.165, 1.54) is 18.2 Å². The van der Waals surface area contributed by atoms with Crippen LogP contribution < -0.4 is 15.4 Å². The fraction of sp³-hybridized carbons (Fsp3) is 0.267. The molecular formula is C15H17N5O4S.